The van der Waals surface area contributed by atoms with Crippen molar-refractivity contribution in [3.05, 3.63) is 52.8 Å². The summed E-state index contributed by atoms with van der Waals surface area (Å²) < 4.78 is 12.2. The molecule has 0 aliphatic heterocycles. The molecule has 0 saturated heterocycles. The lowest BCUT2D eigenvalue weighted by molar-refractivity contribution is 0.415. The standard InChI is InChI=1S/C18H17NO4/c1-19-10-13(11-4-6-12(22-2)7-5-11)18(21)16-14(20)8-9-15(23-3)17(16)19/h4-10,20H,1-3H3. The quantitative estimate of drug-likeness (QED) is 0.808. The van der Waals surface area contributed by atoms with Crippen LogP contribution in [0, 0.1) is 0 Å². The van der Waals surface area contributed by atoms with Crippen molar-refractivity contribution < 1.29 is 14.6 Å². The van der Waals surface area contributed by atoms with Gasteiger partial charge >= 0.3 is 0 Å². The molecular formula is C18H17NO4. The molecule has 5 nitrogen and oxygen atoms in total. The van der Waals surface area contributed by atoms with E-state index in [4.69, 9.17) is 9.47 Å². The molecule has 3 rings (SSSR count). The second-order valence-corrected chi connectivity index (χ2v) is 5.22. The number of phenols is 1. The summed E-state index contributed by atoms with van der Waals surface area (Å²) in [7, 11) is 4.94. The van der Waals surface area contributed by atoms with Crippen LogP contribution in [0.4, 0.5) is 0 Å². The van der Waals surface area contributed by atoms with E-state index in [1.807, 2.05) is 19.2 Å². The monoisotopic (exact) mass is 311 g/mol. The number of rotatable bonds is 3. The summed E-state index contributed by atoms with van der Waals surface area (Å²) in [6, 6.07) is 10.3. The number of methoxy groups -OCH3 is 2. The number of pyridine rings is 1. The molecule has 0 aliphatic carbocycles. The number of benzene rings is 2. The van der Waals surface area contributed by atoms with Crippen molar-refractivity contribution in [2.24, 2.45) is 7.05 Å². The van der Waals surface area contributed by atoms with E-state index in [-0.39, 0.29) is 16.6 Å². The van der Waals surface area contributed by atoms with E-state index in [2.05, 4.69) is 0 Å². The highest BCUT2D eigenvalue weighted by atomic mass is 16.5. The molecule has 0 bridgehead atoms. The summed E-state index contributed by atoms with van der Waals surface area (Å²) in [6.45, 7) is 0. The molecule has 1 aromatic heterocycles. The summed E-state index contributed by atoms with van der Waals surface area (Å²) in [5, 5.41) is 10.4. The normalized spacial score (nSPS) is 10.7. The molecule has 2 aromatic carbocycles. The largest absolute Gasteiger partial charge is 0.507 e. The minimum Gasteiger partial charge on any atom is -0.507 e. The van der Waals surface area contributed by atoms with Gasteiger partial charge in [0, 0.05) is 18.8 Å². The Labute approximate surface area is 133 Å². The molecule has 0 aliphatic rings. The Balaban J connectivity index is 2.33. The fraction of sp³-hybridized carbons (Fsp3) is 0.167. The predicted molar refractivity (Wildman–Crippen MR) is 89.4 cm³/mol. The third kappa shape index (κ3) is 2.40. The van der Waals surface area contributed by atoms with Crippen LogP contribution in [0.15, 0.2) is 47.4 Å². The predicted octanol–water partition coefficient (Wildman–Crippen LogP) is 2.93. The Kier molecular flexibility index (Phi) is 3.70. The van der Waals surface area contributed by atoms with Gasteiger partial charge in [0.15, 0.2) is 0 Å². The van der Waals surface area contributed by atoms with Crippen LogP contribution in [0.3, 0.4) is 0 Å². The maximum atomic E-state index is 12.9. The molecule has 1 N–H and O–H groups in total. The SMILES string of the molecule is COc1ccc(-c2cn(C)c3c(OC)ccc(O)c3c2=O)cc1. The zero-order valence-electron chi connectivity index (χ0n) is 13.2. The Bertz CT molecular complexity index is 926. The van der Waals surface area contributed by atoms with Crippen molar-refractivity contribution >= 4 is 10.9 Å². The first-order chi connectivity index (χ1) is 11.1. The fourth-order valence-electron chi connectivity index (χ4n) is 2.73. The Hall–Kier alpha value is -2.95. The van der Waals surface area contributed by atoms with Crippen LogP contribution in [-0.4, -0.2) is 23.9 Å². The summed E-state index contributed by atoms with van der Waals surface area (Å²) in [6.07, 6.45) is 1.74. The molecule has 5 heteroatoms. The summed E-state index contributed by atoms with van der Waals surface area (Å²) >= 11 is 0. The number of nitrogens with zero attached hydrogens (tertiary/aromatic N) is 1. The van der Waals surface area contributed by atoms with Crippen LogP contribution >= 0.6 is 0 Å². The lowest BCUT2D eigenvalue weighted by atomic mass is 10.0. The molecule has 0 spiro atoms. The molecule has 0 fully saturated rings. The van der Waals surface area contributed by atoms with Crippen LogP contribution in [0.25, 0.3) is 22.0 Å². The van der Waals surface area contributed by atoms with Gasteiger partial charge in [-0.3, -0.25) is 4.79 Å². The van der Waals surface area contributed by atoms with Crippen molar-refractivity contribution in [3.8, 4) is 28.4 Å². The van der Waals surface area contributed by atoms with Crippen LogP contribution in [0.2, 0.25) is 0 Å². The highest BCUT2D eigenvalue weighted by Crippen LogP contribution is 2.32. The van der Waals surface area contributed by atoms with Crippen molar-refractivity contribution in [1.82, 2.24) is 4.57 Å². The van der Waals surface area contributed by atoms with Crippen molar-refractivity contribution in [3.63, 3.8) is 0 Å². The number of aromatic hydroxyl groups is 1. The van der Waals surface area contributed by atoms with Gasteiger partial charge in [-0.05, 0) is 29.8 Å². The molecule has 0 unspecified atom stereocenters. The smallest absolute Gasteiger partial charge is 0.201 e. The lowest BCUT2D eigenvalue weighted by Gasteiger charge is -2.13. The second kappa shape index (κ2) is 5.68. The highest BCUT2D eigenvalue weighted by Gasteiger charge is 2.16. The average Bonchev–Trinajstić information content (AvgIpc) is 2.58. The number of phenolic OH excluding ortho intramolecular Hbond substituents is 1. The van der Waals surface area contributed by atoms with Gasteiger partial charge < -0.3 is 19.1 Å². The summed E-state index contributed by atoms with van der Waals surface area (Å²) in [5.74, 6) is 1.20. The molecule has 118 valence electrons. The van der Waals surface area contributed by atoms with E-state index in [1.165, 1.54) is 13.2 Å². The first-order valence-corrected chi connectivity index (χ1v) is 7.10. The van der Waals surface area contributed by atoms with E-state index in [0.717, 1.165) is 11.3 Å². The van der Waals surface area contributed by atoms with Crippen LogP contribution in [-0.2, 0) is 7.05 Å². The molecule has 0 amide bonds. The summed E-state index contributed by atoms with van der Waals surface area (Å²) in [5.41, 5.74) is 1.59. The maximum Gasteiger partial charge on any atom is 0.201 e. The number of fused-ring (bicyclic) bond motifs is 1. The number of aryl methyl sites for hydroxylation is 1. The molecule has 0 saturated carbocycles. The minimum absolute atomic E-state index is 0.0586. The van der Waals surface area contributed by atoms with Gasteiger partial charge in [-0.1, -0.05) is 12.1 Å². The zero-order chi connectivity index (χ0) is 16.6. The van der Waals surface area contributed by atoms with Gasteiger partial charge in [0.2, 0.25) is 5.43 Å². The Morgan fingerprint density at radius 1 is 1.00 bits per heavy atom. The molecule has 0 radical (unpaired) electrons. The van der Waals surface area contributed by atoms with Gasteiger partial charge in [0.05, 0.1) is 25.1 Å². The van der Waals surface area contributed by atoms with Crippen molar-refractivity contribution in [2.75, 3.05) is 14.2 Å². The van der Waals surface area contributed by atoms with Crippen molar-refractivity contribution in [2.45, 2.75) is 0 Å². The number of hydrogen-bond acceptors (Lipinski definition) is 4. The molecule has 1 heterocycles. The van der Waals surface area contributed by atoms with E-state index in [1.54, 1.807) is 36.1 Å². The Morgan fingerprint density at radius 2 is 1.70 bits per heavy atom. The van der Waals surface area contributed by atoms with E-state index >= 15 is 0 Å². The summed E-state index contributed by atoms with van der Waals surface area (Å²) in [4.78, 5) is 12.9. The number of ether oxygens (including phenoxy) is 2. The third-order valence-electron chi connectivity index (χ3n) is 3.89. The molecule has 3 aromatic rings. The van der Waals surface area contributed by atoms with E-state index in [0.29, 0.717) is 16.8 Å². The maximum absolute atomic E-state index is 12.9. The van der Waals surface area contributed by atoms with Gasteiger partial charge in [0.25, 0.3) is 0 Å². The molecule has 23 heavy (non-hydrogen) atoms. The van der Waals surface area contributed by atoms with Gasteiger partial charge in [-0.2, -0.15) is 0 Å². The van der Waals surface area contributed by atoms with Crippen molar-refractivity contribution in [1.29, 1.82) is 0 Å². The van der Waals surface area contributed by atoms with E-state index < -0.39 is 0 Å². The first kappa shape index (κ1) is 15.0. The first-order valence-electron chi connectivity index (χ1n) is 7.10. The minimum atomic E-state index is -0.236. The molecule has 0 atom stereocenters. The molecular weight excluding hydrogens is 294 g/mol. The number of aromatic nitrogens is 1. The number of hydrogen-bond donors (Lipinski definition) is 1. The van der Waals surface area contributed by atoms with Crippen LogP contribution < -0.4 is 14.9 Å². The average molecular weight is 311 g/mol. The second-order valence-electron chi connectivity index (χ2n) is 5.22. The van der Waals surface area contributed by atoms with Gasteiger partial charge in [0.1, 0.15) is 17.2 Å². The van der Waals surface area contributed by atoms with Gasteiger partial charge in [-0.25, -0.2) is 0 Å². The van der Waals surface area contributed by atoms with Crippen LogP contribution in [0.1, 0.15) is 0 Å². The Morgan fingerprint density at radius 3 is 2.30 bits per heavy atom. The topological polar surface area (TPSA) is 60.7 Å². The third-order valence-corrected chi connectivity index (χ3v) is 3.89. The highest BCUT2D eigenvalue weighted by molar-refractivity contribution is 5.93. The van der Waals surface area contributed by atoms with E-state index in [9.17, 15) is 9.90 Å². The van der Waals surface area contributed by atoms with Gasteiger partial charge in [-0.15, -0.1) is 0 Å². The van der Waals surface area contributed by atoms with Crippen LogP contribution in [0.5, 0.6) is 17.2 Å². The lowest BCUT2D eigenvalue weighted by Crippen LogP contribution is -2.11. The fourth-order valence-corrected chi connectivity index (χ4v) is 2.73. The zero-order valence-corrected chi connectivity index (χ0v) is 13.2.